The molecule has 0 N–H and O–H groups in total. The van der Waals surface area contributed by atoms with E-state index in [1.165, 1.54) is 0 Å². The molecule has 1 atom stereocenters. The van der Waals surface area contributed by atoms with Crippen LogP contribution in [0.15, 0.2) is 0 Å². The predicted octanol–water partition coefficient (Wildman–Crippen LogP) is 1.54. The van der Waals surface area contributed by atoms with Gasteiger partial charge in [-0.25, -0.2) is 0 Å². The van der Waals surface area contributed by atoms with Crippen LogP contribution < -0.4 is 0 Å². The minimum Gasteiger partial charge on any atom is -0.285 e. The molecular weight excluding hydrogens is 167 g/mol. The van der Waals surface area contributed by atoms with E-state index in [0.717, 1.165) is 0 Å². The average Bonchev–Trinajstić information content (AvgIpc) is 1.36. The fraction of sp³-hybridized carbons (Fsp3) is 0.667. The molecule has 1 nitrogen and oxygen atoms in total. The van der Waals surface area contributed by atoms with Gasteiger partial charge in [-0.1, -0.05) is 0 Å². The average molecular weight is 171 g/mol. The van der Waals surface area contributed by atoms with Gasteiger partial charge in [0.25, 0.3) is 0 Å². The van der Waals surface area contributed by atoms with Gasteiger partial charge in [0.1, 0.15) is 5.38 Å². The van der Waals surface area contributed by atoms with E-state index < -0.39 is 5.38 Å². The predicted molar refractivity (Wildman–Crippen MR) is 29.2 cm³/mol. The summed E-state index contributed by atoms with van der Waals surface area (Å²) in [7, 11) is 0. The molecule has 0 saturated carbocycles. The third-order valence-corrected chi connectivity index (χ3v) is 1.46. The lowest BCUT2D eigenvalue weighted by atomic mass is 10.5. The van der Waals surface area contributed by atoms with Gasteiger partial charge in [-0.15, -0.1) is 11.6 Å². The highest BCUT2D eigenvalue weighted by Crippen LogP contribution is 1.99. The summed E-state index contributed by atoms with van der Waals surface area (Å²) in [5.41, 5.74) is 0. The normalized spacial score (nSPS) is 13.8. The molecule has 0 rings (SSSR count). The third-order valence-electron chi connectivity index (χ3n) is 0.313. The Balaban J connectivity index is 3.26. The summed E-state index contributed by atoms with van der Waals surface area (Å²) in [5.74, 6) is 0. The molecule has 0 aliphatic carbocycles. The van der Waals surface area contributed by atoms with Gasteiger partial charge in [0.15, 0.2) is 0 Å². The van der Waals surface area contributed by atoms with Crippen molar-refractivity contribution in [2.24, 2.45) is 0 Å². The molecule has 0 aliphatic heterocycles. The topological polar surface area (TPSA) is 17.1 Å². The second-order valence-corrected chi connectivity index (χ2v) is 2.36. The Morgan fingerprint density at radius 2 is 2.17 bits per heavy atom. The van der Waals surface area contributed by atoms with Gasteiger partial charge in [-0.2, -0.15) is 0 Å². The highest BCUT2D eigenvalue weighted by atomic mass is 79.9. The first-order valence-corrected chi connectivity index (χ1v) is 2.71. The molecule has 0 amide bonds. The Hall–Kier alpha value is 0.440. The summed E-state index contributed by atoms with van der Waals surface area (Å²) in [6, 6.07) is 0. The molecule has 0 saturated heterocycles. The maximum absolute atomic E-state index is 9.93. The Morgan fingerprint density at radius 1 is 2.00 bits per heavy atom. The van der Waals surface area contributed by atoms with Crippen molar-refractivity contribution in [3.63, 3.8) is 0 Å². The number of hydrogen-bond acceptors (Lipinski definition) is 1. The highest BCUT2D eigenvalue weighted by molar-refractivity contribution is 9.18. The largest absolute Gasteiger partial charge is 0.285 e. The van der Waals surface area contributed by atoms with Crippen molar-refractivity contribution in [3.05, 3.63) is 0 Å². The van der Waals surface area contributed by atoms with Crippen molar-refractivity contribution in [2.45, 2.75) is 12.3 Å². The van der Waals surface area contributed by atoms with E-state index >= 15 is 0 Å². The number of carbonyl (C=O) groups is 1. The monoisotopic (exact) mass is 170 g/mol. The first kappa shape index (κ1) is 6.44. The molecule has 0 fully saturated rings. The van der Waals surface area contributed by atoms with Gasteiger partial charge in [-0.3, -0.25) is 4.79 Å². The number of carbonyl (C=O) groups excluding carboxylic acids is 1. The zero-order valence-corrected chi connectivity index (χ0v) is 5.58. The summed E-state index contributed by atoms with van der Waals surface area (Å²) < 4.78 is -0.163. The van der Waals surface area contributed by atoms with E-state index in [9.17, 15) is 4.79 Å². The quantitative estimate of drug-likeness (QED) is 0.432. The van der Waals surface area contributed by atoms with Gasteiger partial charge in [0.05, 0.1) is 0 Å². The molecule has 3 heteroatoms. The molecular formula is C3H4BrClO. The summed E-state index contributed by atoms with van der Waals surface area (Å²) in [6.07, 6.45) is 0. The van der Waals surface area contributed by atoms with Crippen LogP contribution >= 0.6 is 27.5 Å². The minimum atomic E-state index is -0.398. The first-order valence-electron chi connectivity index (χ1n) is 1.48. The molecule has 36 valence electrons. The van der Waals surface area contributed by atoms with Crippen molar-refractivity contribution in [3.8, 4) is 0 Å². The highest BCUT2D eigenvalue weighted by Gasteiger charge is 2.00. The van der Waals surface area contributed by atoms with E-state index in [0.29, 0.717) is 0 Å². The van der Waals surface area contributed by atoms with Gasteiger partial charge in [-0.05, 0) is 22.9 Å². The van der Waals surface area contributed by atoms with E-state index in [1.807, 2.05) is 0 Å². The van der Waals surface area contributed by atoms with Crippen LogP contribution in [0.1, 0.15) is 6.92 Å². The van der Waals surface area contributed by atoms with Crippen LogP contribution in [0.2, 0.25) is 0 Å². The van der Waals surface area contributed by atoms with E-state index in [4.69, 9.17) is 11.6 Å². The van der Waals surface area contributed by atoms with Crippen molar-refractivity contribution in [1.29, 1.82) is 0 Å². The maximum atomic E-state index is 9.93. The van der Waals surface area contributed by atoms with Crippen LogP contribution in [0.3, 0.4) is 0 Å². The summed E-state index contributed by atoms with van der Waals surface area (Å²) in [5, 5.41) is -0.398. The molecule has 0 aromatic heterocycles. The minimum absolute atomic E-state index is 0.163. The molecule has 0 heterocycles. The zero-order valence-electron chi connectivity index (χ0n) is 3.24. The standard InChI is InChI=1S/C3H4BrClO/c1-2(5)3(4)6/h2H,1H3. The van der Waals surface area contributed by atoms with Crippen molar-refractivity contribution >= 4 is 32.2 Å². The van der Waals surface area contributed by atoms with E-state index in [2.05, 4.69) is 15.9 Å². The number of rotatable bonds is 1. The molecule has 0 aromatic carbocycles. The molecule has 0 aliphatic rings. The van der Waals surface area contributed by atoms with E-state index in [-0.39, 0.29) is 4.69 Å². The van der Waals surface area contributed by atoms with Crippen LogP contribution in [-0.2, 0) is 4.79 Å². The number of halogens is 2. The molecule has 0 spiro atoms. The zero-order chi connectivity index (χ0) is 5.15. The number of hydrogen-bond donors (Lipinski definition) is 0. The summed E-state index contributed by atoms with van der Waals surface area (Å²) >= 11 is 7.88. The summed E-state index contributed by atoms with van der Waals surface area (Å²) in [6.45, 7) is 1.61. The molecule has 0 radical (unpaired) electrons. The lowest BCUT2D eigenvalue weighted by Crippen LogP contribution is -1.98. The third kappa shape index (κ3) is 2.67. The van der Waals surface area contributed by atoms with Crippen LogP contribution in [0.4, 0.5) is 0 Å². The Bertz CT molecular complexity index is 61.8. The van der Waals surface area contributed by atoms with Crippen LogP contribution in [0.25, 0.3) is 0 Å². The fourth-order valence-electron chi connectivity index (χ4n) is 0. The van der Waals surface area contributed by atoms with Gasteiger partial charge in [0, 0.05) is 0 Å². The second kappa shape index (κ2) is 2.59. The van der Waals surface area contributed by atoms with E-state index in [1.54, 1.807) is 6.92 Å². The number of alkyl halides is 1. The maximum Gasteiger partial charge on any atom is 0.215 e. The van der Waals surface area contributed by atoms with Gasteiger partial charge in [0.2, 0.25) is 4.69 Å². The van der Waals surface area contributed by atoms with Crippen LogP contribution in [0.5, 0.6) is 0 Å². The fourth-order valence-corrected chi connectivity index (χ4v) is 0. The van der Waals surface area contributed by atoms with Gasteiger partial charge >= 0.3 is 0 Å². The first-order chi connectivity index (χ1) is 2.64. The lowest BCUT2D eigenvalue weighted by Gasteiger charge is -1.85. The second-order valence-electron chi connectivity index (χ2n) is 0.920. The Kier molecular flexibility index (Phi) is 2.78. The lowest BCUT2D eigenvalue weighted by molar-refractivity contribution is -0.109. The van der Waals surface area contributed by atoms with Crippen LogP contribution in [0, 0.1) is 0 Å². The van der Waals surface area contributed by atoms with Crippen molar-refractivity contribution in [1.82, 2.24) is 0 Å². The molecule has 0 bridgehead atoms. The smallest absolute Gasteiger partial charge is 0.215 e. The Labute approximate surface area is 49.8 Å². The van der Waals surface area contributed by atoms with Gasteiger partial charge < -0.3 is 0 Å². The Morgan fingerprint density at radius 3 is 2.17 bits per heavy atom. The SMILES string of the molecule is CC(Cl)C(=O)Br. The molecule has 6 heavy (non-hydrogen) atoms. The van der Waals surface area contributed by atoms with Crippen LogP contribution in [-0.4, -0.2) is 10.1 Å². The molecule has 1 unspecified atom stereocenters. The summed E-state index contributed by atoms with van der Waals surface area (Å²) in [4.78, 5) is 9.93. The van der Waals surface area contributed by atoms with Crippen molar-refractivity contribution < 1.29 is 4.79 Å². The van der Waals surface area contributed by atoms with Crippen molar-refractivity contribution in [2.75, 3.05) is 0 Å². The molecule has 0 aromatic rings.